The largest absolute Gasteiger partial charge is 0.502 e. The van der Waals surface area contributed by atoms with Crippen LogP contribution in [0.5, 0.6) is 0 Å². The molecule has 0 fully saturated rings. The molecule has 0 aliphatic heterocycles. The molecular formula is C10H20NO3+. The van der Waals surface area contributed by atoms with Crippen molar-refractivity contribution in [3.63, 3.8) is 0 Å². The Bertz CT molecular complexity index is 228. The van der Waals surface area contributed by atoms with Gasteiger partial charge in [0, 0.05) is 6.42 Å². The van der Waals surface area contributed by atoms with E-state index in [0.717, 1.165) is 0 Å². The van der Waals surface area contributed by atoms with Crippen molar-refractivity contribution in [2.75, 3.05) is 21.1 Å². The van der Waals surface area contributed by atoms with E-state index < -0.39 is 5.97 Å². The number of nitrogens with zero attached hydrogens (tertiary/aromatic N) is 1. The first-order chi connectivity index (χ1) is 6.32. The topological polar surface area (TPSA) is 46.5 Å². The third-order valence-electron chi connectivity index (χ3n) is 1.94. The third kappa shape index (κ3) is 3.79. The number of carbonyl (C=O) groups is 1. The molecular weight excluding hydrogens is 182 g/mol. The summed E-state index contributed by atoms with van der Waals surface area (Å²) in [5.41, 5.74) is 0. The normalized spacial score (nSPS) is 15.1. The molecule has 0 aromatic carbocycles. The maximum atomic E-state index is 11.2. The quantitative estimate of drug-likeness (QED) is 0.247. The average Bonchev–Trinajstić information content (AvgIpc) is 2.10. The van der Waals surface area contributed by atoms with Gasteiger partial charge < -0.3 is 9.84 Å². The molecule has 0 aliphatic rings. The number of esters is 1. The van der Waals surface area contributed by atoms with Gasteiger partial charge in [-0.2, -0.15) is 0 Å². The molecule has 0 radical (unpaired) electrons. The summed E-state index contributed by atoms with van der Waals surface area (Å²) < 4.78 is 5.66. The van der Waals surface area contributed by atoms with E-state index in [2.05, 4.69) is 0 Å². The molecule has 1 N–H and O–H groups in total. The summed E-state index contributed by atoms with van der Waals surface area (Å²) in [4.78, 5) is 11.2. The zero-order valence-electron chi connectivity index (χ0n) is 9.57. The van der Waals surface area contributed by atoms with Gasteiger partial charge in [0.15, 0.2) is 5.76 Å². The molecule has 0 saturated heterocycles. The van der Waals surface area contributed by atoms with Crippen LogP contribution in [0.1, 0.15) is 20.3 Å². The van der Waals surface area contributed by atoms with Gasteiger partial charge in [0.25, 0.3) is 0 Å². The van der Waals surface area contributed by atoms with Crippen LogP contribution in [0.4, 0.5) is 0 Å². The van der Waals surface area contributed by atoms with E-state index in [0.29, 0.717) is 10.9 Å². The Morgan fingerprint density at radius 1 is 1.50 bits per heavy atom. The molecule has 4 nitrogen and oxygen atoms in total. The van der Waals surface area contributed by atoms with E-state index in [-0.39, 0.29) is 12.0 Å². The Morgan fingerprint density at radius 3 is 2.29 bits per heavy atom. The van der Waals surface area contributed by atoms with Crippen molar-refractivity contribution in [2.45, 2.75) is 26.5 Å². The highest BCUT2D eigenvalue weighted by Gasteiger charge is 2.26. The van der Waals surface area contributed by atoms with Crippen LogP contribution < -0.4 is 0 Å². The van der Waals surface area contributed by atoms with Gasteiger partial charge in [-0.05, 0) is 13.0 Å². The predicted molar refractivity (Wildman–Crippen MR) is 54.6 cm³/mol. The summed E-state index contributed by atoms with van der Waals surface area (Å²) in [6, 6.07) is 0. The van der Waals surface area contributed by atoms with Crippen molar-refractivity contribution in [2.24, 2.45) is 0 Å². The number of ether oxygens (including phenoxy) is 1. The number of carbonyl (C=O) groups excluding carboxylic acids is 1. The fraction of sp³-hybridized carbons (Fsp3) is 0.700. The summed E-state index contributed by atoms with van der Waals surface area (Å²) in [6.07, 6.45) is 1.81. The number of aliphatic hydroxyl groups excluding tert-OH is 1. The van der Waals surface area contributed by atoms with Gasteiger partial charge in [0.2, 0.25) is 6.23 Å². The third-order valence-corrected chi connectivity index (χ3v) is 1.94. The van der Waals surface area contributed by atoms with Crippen LogP contribution >= 0.6 is 0 Å². The second-order valence-corrected chi connectivity index (χ2v) is 4.06. The minimum Gasteiger partial charge on any atom is -0.502 e. The molecule has 0 amide bonds. The molecule has 4 heteroatoms. The van der Waals surface area contributed by atoms with Gasteiger partial charge in [-0.3, -0.25) is 4.48 Å². The van der Waals surface area contributed by atoms with Gasteiger partial charge in [-0.25, -0.2) is 4.79 Å². The second kappa shape index (κ2) is 5.00. The second-order valence-electron chi connectivity index (χ2n) is 4.06. The van der Waals surface area contributed by atoms with Crippen LogP contribution in [0.25, 0.3) is 0 Å². The number of hydrogen-bond donors (Lipinski definition) is 1. The van der Waals surface area contributed by atoms with Crippen LogP contribution in [-0.4, -0.2) is 42.9 Å². The molecule has 14 heavy (non-hydrogen) atoms. The van der Waals surface area contributed by atoms with Crippen LogP contribution in [0.2, 0.25) is 0 Å². The molecule has 0 rings (SSSR count). The molecule has 0 heterocycles. The lowest BCUT2D eigenvalue weighted by molar-refractivity contribution is -0.916. The summed E-state index contributed by atoms with van der Waals surface area (Å²) >= 11 is 0. The molecule has 0 bridgehead atoms. The molecule has 0 aliphatic carbocycles. The maximum Gasteiger partial charge on any atom is 0.377 e. The highest BCUT2D eigenvalue weighted by molar-refractivity contribution is 5.85. The molecule has 82 valence electrons. The van der Waals surface area contributed by atoms with Gasteiger partial charge in [-0.1, -0.05) is 6.92 Å². The lowest BCUT2D eigenvalue weighted by atomic mass is 10.3. The fourth-order valence-electron chi connectivity index (χ4n) is 1.09. The van der Waals surface area contributed by atoms with Gasteiger partial charge in [0.1, 0.15) is 0 Å². The molecule has 0 aromatic rings. The number of quaternary nitrogens is 1. The standard InChI is InChI=1S/C10H19NO3/c1-6-8(12)10(13)14-9(7-2)11(3,4)5/h6,9H,7H2,1-5H3/p+1/b8-6-/t9-/m1/s1. The van der Waals surface area contributed by atoms with Crippen LogP contribution in [0.15, 0.2) is 11.8 Å². The zero-order chi connectivity index (χ0) is 11.4. The van der Waals surface area contributed by atoms with Crippen molar-refractivity contribution in [3.8, 4) is 0 Å². The maximum absolute atomic E-state index is 11.2. The van der Waals surface area contributed by atoms with Gasteiger partial charge >= 0.3 is 5.97 Å². The number of hydrogen-bond acceptors (Lipinski definition) is 3. The molecule has 0 aromatic heterocycles. The fourth-order valence-corrected chi connectivity index (χ4v) is 1.09. The first kappa shape index (κ1) is 13.0. The van der Waals surface area contributed by atoms with E-state index in [1.165, 1.54) is 6.08 Å². The molecule has 0 unspecified atom stereocenters. The number of aliphatic hydroxyl groups is 1. The highest BCUT2D eigenvalue weighted by atomic mass is 16.6. The molecule has 0 spiro atoms. The monoisotopic (exact) mass is 202 g/mol. The number of rotatable bonds is 4. The van der Waals surface area contributed by atoms with Crippen molar-refractivity contribution >= 4 is 5.97 Å². The minimum atomic E-state index is -0.660. The Morgan fingerprint density at radius 2 is 2.00 bits per heavy atom. The van der Waals surface area contributed by atoms with E-state index in [9.17, 15) is 4.79 Å². The molecule has 1 atom stereocenters. The van der Waals surface area contributed by atoms with Crippen molar-refractivity contribution < 1.29 is 19.1 Å². The zero-order valence-corrected chi connectivity index (χ0v) is 9.57. The van der Waals surface area contributed by atoms with Crippen molar-refractivity contribution in [1.82, 2.24) is 0 Å². The van der Waals surface area contributed by atoms with Gasteiger partial charge in [-0.15, -0.1) is 0 Å². The Balaban J connectivity index is 4.42. The van der Waals surface area contributed by atoms with E-state index in [1.54, 1.807) is 6.92 Å². The highest BCUT2D eigenvalue weighted by Crippen LogP contribution is 2.10. The van der Waals surface area contributed by atoms with Crippen molar-refractivity contribution in [3.05, 3.63) is 11.8 Å². The minimum absolute atomic E-state index is 0.232. The van der Waals surface area contributed by atoms with Crippen molar-refractivity contribution in [1.29, 1.82) is 0 Å². The summed E-state index contributed by atoms with van der Waals surface area (Å²) in [5.74, 6) is -0.996. The van der Waals surface area contributed by atoms with E-state index in [1.807, 2.05) is 28.1 Å². The predicted octanol–water partition coefficient (Wildman–Crippen LogP) is 1.43. The smallest absolute Gasteiger partial charge is 0.377 e. The lowest BCUT2D eigenvalue weighted by Gasteiger charge is -2.32. The Kier molecular flexibility index (Phi) is 4.63. The van der Waals surface area contributed by atoms with E-state index in [4.69, 9.17) is 9.84 Å². The van der Waals surface area contributed by atoms with Gasteiger partial charge in [0.05, 0.1) is 21.1 Å². The summed E-state index contributed by atoms with van der Waals surface area (Å²) in [7, 11) is 5.82. The first-order valence-corrected chi connectivity index (χ1v) is 4.70. The molecule has 0 saturated carbocycles. The van der Waals surface area contributed by atoms with Crippen LogP contribution in [-0.2, 0) is 9.53 Å². The van der Waals surface area contributed by atoms with Crippen LogP contribution in [0.3, 0.4) is 0 Å². The first-order valence-electron chi connectivity index (χ1n) is 4.70. The summed E-state index contributed by atoms with van der Waals surface area (Å²) in [6.45, 7) is 3.53. The van der Waals surface area contributed by atoms with Crippen LogP contribution in [0, 0.1) is 0 Å². The SMILES string of the molecule is C/C=C(\O)C(=O)O[C@H](CC)[N+](C)(C)C. The summed E-state index contributed by atoms with van der Waals surface area (Å²) in [5, 5.41) is 9.12. The average molecular weight is 202 g/mol. The lowest BCUT2D eigenvalue weighted by Crippen LogP contribution is -2.47. The Hall–Kier alpha value is -1.03. The number of allylic oxidation sites excluding steroid dienone is 1. The Labute approximate surface area is 85.4 Å². The van der Waals surface area contributed by atoms with E-state index >= 15 is 0 Å².